The number of hydrogen-bond donors (Lipinski definition) is 1. The minimum Gasteiger partial charge on any atom is -0.323 e. The van der Waals surface area contributed by atoms with Crippen LogP contribution in [0, 0.1) is 0 Å². The van der Waals surface area contributed by atoms with Gasteiger partial charge in [0, 0.05) is 32.7 Å². The minimum absolute atomic E-state index is 0.0598. The van der Waals surface area contributed by atoms with Gasteiger partial charge in [0.2, 0.25) is 5.91 Å². The predicted molar refractivity (Wildman–Crippen MR) is 106 cm³/mol. The number of amides is 1. The zero-order chi connectivity index (χ0) is 17.8. The van der Waals surface area contributed by atoms with Crippen LogP contribution in [0.2, 0.25) is 10.0 Å². The number of piperazine rings is 1. The molecule has 4 nitrogen and oxygen atoms in total. The number of benzene rings is 1. The smallest absolute Gasteiger partial charge is 0.241 e. The van der Waals surface area contributed by atoms with Crippen LogP contribution in [0.3, 0.4) is 0 Å². The number of hydrogen-bond acceptors (Lipinski definition) is 4. The molecule has 1 aliphatic heterocycles. The topological polar surface area (TPSA) is 35.6 Å². The second-order valence-electron chi connectivity index (χ2n) is 6.21. The maximum absolute atomic E-state index is 12.5. The van der Waals surface area contributed by atoms with Gasteiger partial charge in [-0.3, -0.25) is 14.6 Å². The molecule has 1 saturated heterocycles. The lowest BCUT2D eigenvalue weighted by atomic mass is 10.2. The van der Waals surface area contributed by atoms with E-state index in [1.807, 2.05) is 6.92 Å². The largest absolute Gasteiger partial charge is 0.323 e. The zero-order valence-electron chi connectivity index (χ0n) is 14.0. The molecule has 1 N–H and O–H groups in total. The summed E-state index contributed by atoms with van der Waals surface area (Å²) in [5.74, 6) is -0.0598. The van der Waals surface area contributed by atoms with Crippen molar-refractivity contribution < 1.29 is 4.79 Å². The molecule has 2 aromatic rings. The molecule has 2 heterocycles. The lowest BCUT2D eigenvalue weighted by Crippen LogP contribution is -2.52. The fourth-order valence-corrected chi connectivity index (χ4v) is 3.96. The highest BCUT2D eigenvalue weighted by molar-refractivity contribution is 7.07. The van der Waals surface area contributed by atoms with E-state index >= 15 is 0 Å². The number of nitrogens with one attached hydrogen (secondary N) is 1. The summed E-state index contributed by atoms with van der Waals surface area (Å²) in [5, 5.41) is 8.01. The molecule has 7 heteroatoms. The van der Waals surface area contributed by atoms with E-state index < -0.39 is 0 Å². The van der Waals surface area contributed by atoms with Crippen molar-refractivity contribution >= 4 is 46.1 Å². The first-order valence-corrected chi connectivity index (χ1v) is 9.97. The molecule has 0 saturated carbocycles. The van der Waals surface area contributed by atoms with E-state index in [-0.39, 0.29) is 11.9 Å². The van der Waals surface area contributed by atoms with Crippen molar-refractivity contribution in [1.29, 1.82) is 0 Å². The lowest BCUT2D eigenvalue weighted by molar-refractivity contribution is -0.121. The van der Waals surface area contributed by atoms with Crippen LogP contribution in [0.5, 0.6) is 0 Å². The maximum Gasteiger partial charge on any atom is 0.241 e. The van der Waals surface area contributed by atoms with E-state index in [2.05, 4.69) is 31.9 Å². The summed E-state index contributed by atoms with van der Waals surface area (Å²) < 4.78 is 0. The van der Waals surface area contributed by atoms with Crippen LogP contribution in [0.1, 0.15) is 12.5 Å². The van der Waals surface area contributed by atoms with Gasteiger partial charge in [0.15, 0.2) is 0 Å². The van der Waals surface area contributed by atoms with E-state index in [4.69, 9.17) is 23.2 Å². The summed E-state index contributed by atoms with van der Waals surface area (Å²) >= 11 is 13.9. The van der Waals surface area contributed by atoms with Gasteiger partial charge in [0.1, 0.15) is 0 Å². The maximum atomic E-state index is 12.5. The summed E-state index contributed by atoms with van der Waals surface area (Å²) in [6, 6.07) is 7.20. The van der Waals surface area contributed by atoms with Crippen molar-refractivity contribution in [2.75, 3.05) is 31.5 Å². The van der Waals surface area contributed by atoms with Gasteiger partial charge in [-0.15, -0.1) is 0 Å². The quantitative estimate of drug-likeness (QED) is 0.820. The summed E-state index contributed by atoms with van der Waals surface area (Å²) in [5.41, 5.74) is 1.92. The predicted octanol–water partition coefficient (Wildman–Crippen LogP) is 4.20. The Hall–Kier alpha value is -1.11. The molecule has 0 bridgehead atoms. The zero-order valence-corrected chi connectivity index (χ0v) is 16.4. The van der Waals surface area contributed by atoms with Gasteiger partial charge in [-0.2, -0.15) is 11.3 Å². The fourth-order valence-electron chi connectivity index (χ4n) is 2.95. The number of halogens is 2. The SMILES string of the molecule is C[C@@H](C(=O)Nc1cccc(Cl)c1Cl)N1CCN(Cc2ccsc2)CC1. The Labute approximate surface area is 162 Å². The molecule has 1 aromatic heterocycles. The first kappa shape index (κ1) is 18.7. The van der Waals surface area contributed by atoms with Gasteiger partial charge in [-0.1, -0.05) is 29.3 Å². The number of thiophene rings is 1. The van der Waals surface area contributed by atoms with Crippen molar-refractivity contribution in [2.24, 2.45) is 0 Å². The number of carbonyl (C=O) groups is 1. The molecule has 1 fully saturated rings. The van der Waals surface area contributed by atoms with Gasteiger partial charge in [-0.05, 0) is 41.4 Å². The van der Waals surface area contributed by atoms with Gasteiger partial charge in [-0.25, -0.2) is 0 Å². The van der Waals surface area contributed by atoms with Crippen LogP contribution in [-0.4, -0.2) is 47.9 Å². The van der Waals surface area contributed by atoms with Gasteiger partial charge < -0.3 is 5.32 Å². The average molecular weight is 398 g/mol. The Kier molecular flexibility index (Phi) is 6.36. The fraction of sp³-hybridized carbons (Fsp3) is 0.389. The van der Waals surface area contributed by atoms with Crippen LogP contribution in [0.4, 0.5) is 5.69 Å². The van der Waals surface area contributed by atoms with Gasteiger partial charge in [0.05, 0.1) is 21.8 Å². The van der Waals surface area contributed by atoms with Crippen LogP contribution < -0.4 is 5.32 Å². The molecule has 1 aliphatic rings. The molecule has 1 amide bonds. The molecular weight excluding hydrogens is 377 g/mol. The van der Waals surface area contributed by atoms with Crippen molar-refractivity contribution in [3.63, 3.8) is 0 Å². The minimum atomic E-state index is -0.210. The molecule has 1 aromatic carbocycles. The Bertz CT molecular complexity index is 715. The first-order valence-electron chi connectivity index (χ1n) is 8.27. The van der Waals surface area contributed by atoms with Crippen molar-refractivity contribution in [1.82, 2.24) is 9.80 Å². The Morgan fingerprint density at radius 3 is 2.68 bits per heavy atom. The third-order valence-electron chi connectivity index (χ3n) is 4.53. The second-order valence-corrected chi connectivity index (χ2v) is 7.78. The highest BCUT2D eigenvalue weighted by atomic mass is 35.5. The third kappa shape index (κ3) is 4.74. The van der Waals surface area contributed by atoms with Crippen molar-refractivity contribution in [3.8, 4) is 0 Å². The van der Waals surface area contributed by atoms with Crippen molar-refractivity contribution in [3.05, 3.63) is 50.6 Å². The van der Waals surface area contributed by atoms with Crippen molar-refractivity contribution in [2.45, 2.75) is 19.5 Å². The van der Waals surface area contributed by atoms with E-state index in [0.717, 1.165) is 32.7 Å². The molecule has 0 unspecified atom stereocenters. The average Bonchev–Trinajstić information content (AvgIpc) is 3.12. The number of carbonyl (C=O) groups excluding carboxylic acids is 1. The van der Waals surface area contributed by atoms with E-state index in [1.165, 1.54) is 5.56 Å². The van der Waals surface area contributed by atoms with Crippen LogP contribution in [0.25, 0.3) is 0 Å². The van der Waals surface area contributed by atoms with E-state index in [0.29, 0.717) is 15.7 Å². The lowest BCUT2D eigenvalue weighted by Gasteiger charge is -2.37. The molecule has 25 heavy (non-hydrogen) atoms. The van der Waals surface area contributed by atoms with E-state index in [1.54, 1.807) is 29.5 Å². The first-order chi connectivity index (χ1) is 12.0. The number of nitrogens with zero attached hydrogens (tertiary/aromatic N) is 2. The Balaban J connectivity index is 1.52. The highest BCUT2D eigenvalue weighted by Crippen LogP contribution is 2.29. The molecule has 0 radical (unpaired) electrons. The Morgan fingerprint density at radius 1 is 1.24 bits per heavy atom. The molecule has 134 valence electrons. The highest BCUT2D eigenvalue weighted by Gasteiger charge is 2.26. The van der Waals surface area contributed by atoms with Crippen LogP contribution in [0.15, 0.2) is 35.0 Å². The van der Waals surface area contributed by atoms with E-state index in [9.17, 15) is 4.79 Å². The monoisotopic (exact) mass is 397 g/mol. The second kappa shape index (κ2) is 8.52. The van der Waals surface area contributed by atoms with Crippen LogP contribution in [-0.2, 0) is 11.3 Å². The number of rotatable bonds is 5. The molecule has 0 spiro atoms. The molecular formula is C18H21Cl2N3OS. The third-order valence-corrected chi connectivity index (χ3v) is 6.08. The van der Waals surface area contributed by atoms with Gasteiger partial charge >= 0.3 is 0 Å². The molecule has 1 atom stereocenters. The summed E-state index contributed by atoms with van der Waals surface area (Å²) in [6.07, 6.45) is 0. The summed E-state index contributed by atoms with van der Waals surface area (Å²) in [7, 11) is 0. The van der Waals surface area contributed by atoms with Crippen LogP contribution >= 0.6 is 34.5 Å². The Morgan fingerprint density at radius 2 is 2.00 bits per heavy atom. The summed E-state index contributed by atoms with van der Waals surface area (Å²) in [6.45, 7) is 6.60. The number of anilines is 1. The summed E-state index contributed by atoms with van der Waals surface area (Å²) in [4.78, 5) is 17.2. The molecule has 0 aliphatic carbocycles. The van der Waals surface area contributed by atoms with Gasteiger partial charge in [0.25, 0.3) is 0 Å². The molecule has 3 rings (SSSR count). The normalized spacial score (nSPS) is 17.4. The standard InChI is InChI=1S/C18H21Cl2N3OS/c1-13(18(24)21-16-4-2-3-15(19)17(16)20)23-8-6-22(7-9-23)11-14-5-10-25-12-14/h2-5,10,12-13H,6-9,11H2,1H3,(H,21,24)/t13-/m0/s1.